The molecule has 0 bridgehead atoms. The summed E-state index contributed by atoms with van der Waals surface area (Å²) in [7, 11) is 0. The number of aliphatic hydroxyl groups excluding tert-OH is 1. The Hall–Kier alpha value is -2.15. The van der Waals surface area contributed by atoms with E-state index in [4.69, 9.17) is 9.47 Å². The van der Waals surface area contributed by atoms with Crippen LogP contribution in [0.3, 0.4) is 0 Å². The van der Waals surface area contributed by atoms with Crippen LogP contribution in [0, 0.1) is 0 Å². The summed E-state index contributed by atoms with van der Waals surface area (Å²) in [4.78, 5) is 16.4. The van der Waals surface area contributed by atoms with Crippen LogP contribution in [-0.2, 0) is 11.3 Å². The molecule has 1 aliphatic carbocycles. The molecule has 2 N–H and O–H groups in total. The number of benzene rings is 1. The van der Waals surface area contributed by atoms with Crippen LogP contribution < -0.4 is 10.3 Å². The Morgan fingerprint density at radius 2 is 1.93 bits per heavy atom. The van der Waals surface area contributed by atoms with Gasteiger partial charge >= 0.3 is 0 Å². The van der Waals surface area contributed by atoms with Crippen LogP contribution in [0.15, 0.2) is 41.3 Å². The summed E-state index contributed by atoms with van der Waals surface area (Å²) in [6.07, 6.45) is 6.55. The molecule has 0 amide bonds. The van der Waals surface area contributed by atoms with E-state index >= 15 is 0 Å². The van der Waals surface area contributed by atoms with Crippen LogP contribution in [0.1, 0.15) is 54.9 Å². The van der Waals surface area contributed by atoms with Gasteiger partial charge in [0, 0.05) is 55.4 Å². The molecule has 3 heterocycles. The molecule has 3 aliphatic rings. The molecule has 6 heteroatoms. The monoisotopic (exact) mass is 382 g/mol. The molecule has 1 aromatic heterocycles. The van der Waals surface area contributed by atoms with E-state index in [2.05, 4.69) is 9.88 Å². The predicted molar refractivity (Wildman–Crippen MR) is 104 cm³/mol. The molecule has 0 radical (unpaired) electrons. The number of piperidine rings is 1. The molecule has 2 aliphatic heterocycles. The van der Waals surface area contributed by atoms with E-state index in [1.807, 2.05) is 18.2 Å². The minimum Gasteiger partial charge on any atom is -0.462 e. The Balaban J connectivity index is 1.29. The molecule has 6 nitrogen and oxygen atoms in total. The van der Waals surface area contributed by atoms with Crippen LogP contribution in [-0.4, -0.2) is 39.9 Å². The lowest BCUT2D eigenvalue weighted by Crippen LogP contribution is -2.54. The molecule has 1 spiro atoms. The fourth-order valence-electron chi connectivity index (χ4n) is 4.43. The molecular weight excluding hydrogens is 356 g/mol. The molecule has 1 aromatic carbocycles. The van der Waals surface area contributed by atoms with Gasteiger partial charge in [-0.1, -0.05) is 12.5 Å². The number of likely N-dealkylation sites (tertiary alicyclic amines) is 1. The van der Waals surface area contributed by atoms with Crippen LogP contribution >= 0.6 is 0 Å². The second kappa shape index (κ2) is 7.03. The second-order valence-corrected chi connectivity index (χ2v) is 8.18. The van der Waals surface area contributed by atoms with Gasteiger partial charge in [0.25, 0.3) is 0 Å². The van der Waals surface area contributed by atoms with Gasteiger partial charge in [-0.15, -0.1) is 0 Å². The highest BCUT2D eigenvalue weighted by Gasteiger charge is 2.42. The minimum atomic E-state index is -0.802. The zero-order chi connectivity index (χ0) is 19.1. The predicted octanol–water partition coefficient (Wildman–Crippen LogP) is 2.71. The highest BCUT2D eigenvalue weighted by Crippen LogP contribution is 2.40. The van der Waals surface area contributed by atoms with E-state index in [0.29, 0.717) is 12.2 Å². The highest BCUT2D eigenvalue weighted by molar-refractivity contribution is 5.41. The van der Waals surface area contributed by atoms with Crippen molar-refractivity contribution in [1.82, 2.24) is 9.88 Å². The van der Waals surface area contributed by atoms with Gasteiger partial charge in [-0.2, -0.15) is 0 Å². The zero-order valence-corrected chi connectivity index (χ0v) is 15.9. The molecule has 1 saturated carbocycles. The average molecular weight is 382 g/mol. The molecule has 1 saturated heterocycles. The third kappa shape index (κ3) is 3.26. The van der Waals surface area contributed by atoms with Crippen LogP contribution in [0.5, 0.6) is 5.75 Å². The summed E-state index contributed by atoms with van der Waals surface area (Å²) >= 11 is 0. The summed E-state index contributed by atoms with van der Waals surface area (Å²) in [6.45, 7) is 2.55. The lowest BCUT2D eigenvalue weighted by atomic mass is 9.89. The Kier molecular flexibility index (Phi) is 4.50. The third-order valence-corrected chi connectivity index (χ3v) is 6.46. The van der Waals surface area contributed by atoms with Crippen molar-refractivity contribution in [1.29, 1.82) is 0 Å². The summed E-state index contributed by atoms with van der Waals surface area (Å²) in [6, 6.07) is 9.58. The van der Waals surface area contributed by atoms with E-state index in [9.17, 15) is 9.90 Å². The minimum absolute atomic E-state index is 0.183. The van der Waals surface area contributed by atoms with E-state index in [1.54, 1.807) is 12.3 Å². The highest BCUT2D eigenvalue weighted by atomic mass is 16.7. The number of fused-ring (bicyclic) bond motifs is 1. The maximum absolute atomic E-state index is 11.2. The number of rotatable bonds is 3. The van der Waals surface area contributed by atoms with Gasteiger partial charge in [0.05, 0.1) is 6.61 Å². The van der Waals surface area contributed by atoms with Crippen molar-refractivity contribution in [3.8, 4) is 5.75 Å². The van der Waals surface area contributed by atoms with E-state index < -0.39 is 11.9 Å². The molecule has 2 aromatic rings. The fraction of sp³-hybridized carbons (Fsp3) is 0.500. The Morgan fingerprint density at radius 3 is 2.61 bits per heavy atom. The number of pyridine rings is 1. The lowest BCUT2D eigenvalue weighted by Gasteiger charge is -2.47. The van der Waals surface area contributed by atoms with Gasteiger partial charge in [-0.25, -0.2) is 0 Å². The van der Waals surface area contributed by atoms with Crippen LogP contribution in [0.4, 0.5) is 0 Å². The van der Waals surface area contributed by atoms with Crippen LogP contribution in [0.25, 0.3) is 0 Å². The maximum atomic E-state index is 11.2. The first kappa shape index (κ1) is 17.9. The quantitative estimate of drug-likeness (QED) is 0.854. The third-order valence-electron chi connectivity index (χ3n) is 6.46. The van der Waals surface area contributed by atoms with Gasteiger partial charge in [0.15, 0.2) is 0 Å². The van der Waals surface area contributed by atoms with Gasteiger partial charge in [0.1, 0.15) is 11.9 Å². The Morgan fingerprint density at radius 1 is 1.14 bits per heavy atom. The van der Waals surface area contributed by atoms with Crippen molar-refractivity contribution in [2.45, 2.75) is 56.6 Å². The average Bonchev–Trinajstić information content (AvgIpc) is 2.68. The second-order valence-electron chi connectivity index (χ2n) is 8.18. The van der Waals surface area contributed by atoms with Gasteiger partial charge in [-0.3, -0.25) is 9.69 Å². The van der Waals surface area contributed by atoms with Crippen molar-refractivity contribution >= 4 is 0 Å². The van der Waals surface area contributed by atoms with Gasteiger partial charge < -0.3 is 19.6 Å². The number of nitrogens with zero attached hydrogens (tertiary/aromatic N) is 1. The molecule has 5 rings (SSSR count). The fourth-order valence-corrected chi connectivity index (χ4v) is 4.43. The summed E-state index contributed by atoms with van der Waals surface area (Å²) in [5.41, 5.74) is 2.18. The lowest BCUT2D eigenvalue weighted by molar-refractivity contribution is -0.231. The first-order valence-electron chi connectivity index (χ1n) is 10.2. The van der Waals surface area contributed by atoms with Crippen LogP contribution in [0.2, 0.25) is 0 Å². The number of nitrogens with one attached hydrogen (secondary N) is 1. The molecule has 1 atom stereocenters. The van der Waals surface area contributed by atoms with Crippen molar-refractivity contribution in [2.24, 2.45) is 0 Å². The Labute approximate surface area is 164 Å². The molecule has 148 valence electrons. The first-order chi connectivity index (χ1) is 13.6. The number of ether oxygens (including phenoxy) is 2. The van der Waals surface area contributed by atoms with E-state index in [0.717, 1.165) is 48.8 Å². The smallest absolute Gasteiger partial charge is 0.247 e. The summed E-state index contributed by atoms with van der Waals surface area (Å²) in [5.74, 6) is 0.340. The van der Waals surface area contributed by atoms with Crippen molar-refractivity contribution in [3.05, 3.63) is 63.6 Å². The number of hydrogen-bond acceptors (Lipinski definition) is 5. The summed E-state index contributed by atoms with van der Waals surface area (Å²) < 4.78 is 12.5. The Bertz CT molecular complexity index is 892. The normalized spacial score (nSPS) is 22.9. The molecule has 28 heavy (non-hydrogen) atoms. The van der Waals surface area contributed by atoms with Crippen molar-refractivity contribution in [3.63, 3.8) is 0 Å². The zero-order valence-electron chi connectivity index (χ0n) is 15.9. The van der Waals surface area contributed by atoms with E-state index in [-0.39, 0.29) is 5.56 Å². The topological polar surface area (TPSA) is 74.8 Å². The van der Waals surface area contributed by atoms with Crippen molar-refractivity contribution in [2.75, 3.05) is 13.1 Å². The SMILES string of the molecule is O=c1ccc(C(O)c2ccc3c(c2)COC2(CCN(C4CCC4)CC2)O3)c[nH]1. The largest absolute Gasteiger partial charge is 0.462 e. The molecule has 1 unspecified atom stereocenters. The molecular formula is C22H26N2O4. The number of aromatic amines is 1. The van der Waals surface area contributed by atoms with Gasteiger partial charge in [-0.05, 0) is 36.6 Å². The number of hydrogen-bond donors (Lipinski definition) is 2. The molecule has 2 fully saturated rings. The van der Waals surface area contributed by atoms with E-state index in [1.165, 1.54) is 25.3 Å². The maximum Gasteiger partial charge on any atom is 0.247 e. The van der Waals surface area contributed by atoms with Gasteiger partial charge in [0.2, 0.25) is 11.3 Å². The standard InChI is InChI=1S/C22H26N2O4/c25-20-7-5-16(13-23-20)21(26)15-4-6-19-17(12-15)14-27-22(28-19)8-10-24(11-9-22)18-2-1-3-18/h4-7,12-13,18,21,26H,1-3,8-11,14H2,(H,23,25). The number of aromatic nitrogens is 1. The summed E-state index contributed by atoms with van der Waals surface area (Å²) in [5, 5.41) is 10.6. The number of H-pyrrole nitrogens is 1. The first-order valence-corrected chi connectivity index (χ1v) is 10.2. The number of aliphatic hydroxyl groups is 1. The van der Waals surface area contributed by atoms with Crippen molar-refractivity contribution < 1.29 is 14.6 Å².